The number of hydrogen-bond donors (Lipinski definition) is 2. The lowest BCUT2D eigenvalue weighted by molar-refractivity contribution is 0.206. The molecule has 25 heavy (non-hydrogen) atoms. The second-order valence-corrected chi connectivity index (χ2v) is 6.93. The summed E-state index contributed by atoms with van der Waals surface area (Å²) in [5.74, 6) is 0.464. The second-order valence-electron chi connectivity index (χ2n) is 6.52. The molecule has 8 heteroatoms. The molecule has 0 aliphatic carbocycles. The second kappa shape index (κ2) is 6.07. The van der Waals surface area contributed by atoms with Crippen molar-refractivity contribution in [2.24, 2.45) is 0 Å². The number of fused-ring (bicyclic) bond motifs is 3. The summed E-state index contributed by atoms with van der Waals surface area (Å²) in [6.45, 7) is 5.20. The molecule has 1 aliphatic heterocycles. The van der Waals surface area contributed by atoms with Gasteiger partial charge in [-0.1, -0.05) is 28.9 Å². The predicted octanol–water partition coefficient (Wildman–Crippen LogP) is 3.58. The van der Waals surface area contributed by atoms with E-state index in [1.807, 2.05) is 32.0 Å². The molecule has 7 nitrogen and oxygen atoms in total. The first-order chi connectivity index (χ1) is 12.0. The number of halogens is 1. The molecule has 2 N–H and O–H groups in total. The number of nitrogens with one attached hydrogen (secondary N) is 2. The van der Waals surface area contributed by atoms with Crippen LogP contribution in [0.2, 0.25) is 5.02 Å². The summed E-state index contributed by atoms with van der Waals surface area (Å²) in [4.78, 5) is 17.8. The first-order valence-corrected chi connectivity index (χ1v) is 8.66. The molecule has 0 fully saturated rings. The third kappa shape index (κ3) is 2.84. The van der Waals surface area contributed by atoms with Crippen molar-refractivity contribution >= 4 is 34.4 Å². The average molecular weight is 359 g/mol. The van der Waals surface area contributed by atoms with Gasteiger partial charge in [-0.15, -0.1) is 5.10 Å². The van der Waals surface area contributed by atoms with Gasteiger partial charge in [-0.25, -0.2) is 9.48 Å². The molecule has 0 radical (unpaired) electrons. The molecule has 0 spiro atoms. The first kappa shape index (κ1) is 16.0. The Morgan fingerprint density at radius 2 is 2.24 bits per heavy atom. The molecular weight excluding hydrogens is 340 g/mol. The van der Waals surface area contributed by atoms with E-state index in [2.05, 4.69) is 20.6 Å². The molecule has 3 heterocycles. The fourth-order valence-electron chi connectivity index (χ4n) is 3.15. The van der Waals surface area contributed by atoms with Gasteiger partial charge in [-0.3, -0.25) is 5.32 Å². The van der Waals surface area contributed by atoms with Crippen molar-refractivity contribution in [3.05, 3.63) is 40.7 Å². The lowest BCUT2D eigenvalue weighted by Crippen LogP contribution is -2.38. The zero-order valence-corrected chi connectivity index (χ0v) is 14.8. The molecule has 1 aromatic carbocycles. The lowest BCUT2D eigenvalue weighted by Gasteiger charge is -2.27. The van der Waals surface area contributed by atoms with Gasteiger partial charge in [0.05, 0.1) is 16.7 Å². The molecule has 0 saturated heterocycles. The van der Waals surface area contributed by atoms with Crippen molar-refractivity contribution in [3.63, 3.8) is 0 Å². The zero-order chi connectivity index (χ0) is 17.6. The fraction of sp³-hybridized carbons (Fsp3) is 0.353. The number of anilines is 1. The van der Waals surface area contributed by atoms with E-state index in [0.29, 0.717) is 23.9 Å². The Morgan fingerprint density at radius 1 is 1.40 bits per heavy atom. The van der Waals surface area contributed by atoms with Crippen LogP contribution in [0.4, 0.5) is 10.6 Å². The highest BCUT2D eigenvalue weighted by atomic mass is 35.5. The summed E-state index contributed by atoms with van der Waals surface area (Å²) in [6, 6.07) is 5.87. The van der Waals surface area contributed by atoms with Gasteiger partial charge in [0, 0.05) is 42.2 Å². The van der Waals surface area contributed by atoms with Crippen LogP contribution < -0.4 is 5.32 Å². The van der Waals surface area contributed by atoms with Gasteiger partial charge in [0.25, 0.3) is 0 Å². The average Bonchev–Trinajstić information content (AvgIpc) is 3.20. The minimum atomic E-state index is -0.169. The van der Waals surface area contributed by atoms with Gasteiger partial charge in [-0.2, -0.15) is 0 Å². The number of urea groups is 1. The molecule has 0 saturated carbocycles. The van der Waals surface area contributed by atoms with Crippen molar-refractivity contribution in [1.29, 1.82) is 0 Å². The Bertz CT molecular complexity index is 944. The third-order valence-corrected chi connectivity index (χ3v) is 4.84. The Kier molecular flexibility index (Phi) is 3.88. The largest absolute Gasteiger partial charge is 0.357 e. The number of aromatic amines is 1. The van der Waals surface area contributed by atoms with Crippen molar-refractivity contribution < 1.29 is 4.79 Å². The van der Waals surface area contributed by atoms with E-state index in [1.165, 1.54) is 0 Å². The van der Waals surface area contributed by atoms with Gasteiger partial charge in [-0.05, 0) is 19.9 Å². The van der Waals surface area contributed by atoms with E-state index in [9.17, 15) is 4.79 Å². The molecule has 130 valence electrons. The molecular formula is C17H19ClN6O. The number of benzene rings is 1. The van der Waals surface area contributed by atoms with Crippen LogP contribution in [-0.2, 0) is 13.0 Å². The molecule has 4 rings (SSSR count). The highest BCUT2D eigenvalue weighted by Gasteiger charge is 2.25. The Hall–Kier alpha value is -2.54. The summed E-state index contributed by atoms with van der Waals surface area (Å²) in [5.41, 5.74) is 3.22. The Balaban J connectivity index is 1.54. The lowest BCUT2D eigenvalue weighted by atomic mass is 10.0. The van der Waals surface area contributed by atoms with Crippen LogP contribution >= 0.6 is 11.6 Å². The Morgan fingerprint density at radius 3 is 3.00 bits per heavy atom. The number of carbonyl (C=O) groups excluding carboxylic acids is 1. The smallest absolute Gasteiger partial charge is 0.323 e. The molecule has 2 amide bonds. The van der Waals surface area contributed by atoms with Crippen LogP contribution in [0.5, 0.6) is 0 Å². The maximum atomic E-state index is 12.6. The number of para-hydroxylation sites is 1. The minimum absolute atomic E-state index is 0.169. The molecule has 0 bridgehead atoms. The number of carbonyl (C=O) groups is 1. The van der Waals surface area contributed by atoms with E-state index in [0.717, 1.165) is 28.6 Å². The van der Waals surface area contributed by atoms with Crippen LogP contribution in [0.3, 0.4) is 0 Å². The van der Waals surface area contributed by atoms with Gasteiger partial charge in [0.2, 0.25) is 0 Å². The van der Waals surface area contributed by atoms with Crippen LogP contribution in [-0.4, -0.2) is 37.5 Å². The van der Waals surface area contributed by atoms with Crippen molar-refractivity contribution in [2.45, 2.75) is 32.9 Å². The van der Waals surface area contributed by atoms with Gasteiger partial charge in [0.1, 0.15) is 0 Å². The maximum absolute atomic E-state index is 12.6. The van der Waals surface area contributed by atoms with Crippen molar-refractivity contribution in [2.75, 3.05) is 11.9 Å². The molecule has 3 aromatic rings. The van der Waals surface area contributed by atoms with Crippen LogP contribution in [0, 0.1) is 0 Å². The summed E-state index contributed by atoms with van der Waals surface area (Å²) in [7, 11) is 0. The number of hydrogen-bond acceptors (Lipinski definition) is 3. The number of nitrogens with zero attached hydrogens (tertiary/aromatic N) is 4. The minimum Gasteiger partial charge on any atom is -0.357 e. The van der Waals surface area contributed by atoms with E-state index >= 15 is 0 Å². The predicted molar refractivity (Wildman–Crippen MR) is 96.8 cm³/mol. The van der Waals surface area contributed by atoms with Crippen molar-refractivity contribution in [1.82, 2.24) is 24.9 Å². The fourth-order valence-corrected chi connectivity index (χ4v) is 3.37. The third-order valence-electron chi connectivity index (χ3n) is 4.52. The highest BCUT2D eigenvalue weighted by Crippen LogP contribution is 2.31. The standard InChI is InChI=1S/C17H19ClN6O/c1-10(2)24-9-15(21-22-24)20-17(25)23-7-6-14-12(8-23)11-4-3-5-13(18)16(11)19-14/h3-5,9-10,19H,6-8H2,1-2H3,(H,20,25). The summed E-state index contributed by atoms with van der Waals surface area (Å²) >= 11 is 6.27. The summed E-state index contributed by atoms with van der Waals surface area (Å²) in [6.07, 6.45) is 2.51. The SMILES string of the molecule is CC(C)n1cc(NC(=O)N2CCc3[nH]c4c(Cl)cccc4c3C2)nn1. The van der Waals surface area contributed by atoms with E-state index in [-0.39, 0.29) is 12.1 Å². The number of amides is 2. The molecule has 0 unspecified atom stereocenters. The number of rotatable bonds is 2. The molecule has 1 aliphatic rings. The summed E-state index contributed by atoms with van der Waals surface area (Å²) < 4.78 is 1.71. The molecule has 2 aromatic heterocycles. The number of H-pyrrole nitrogens is 1. The zero-order valence-electron chi connectivity index (χ0n) is 14.1. The van der Waals surface area contributed by atoms with Gasteiger partial charge >= 0.3 is 6.03 Å². The van der Waals surface area contributed by atoms with E-state index < -0.39 is 0 Å². The highest BCUT2D eigenvalue weighted by molar-refractivity contribution is 6.35. The number of aromatic nitrogens is 4. The first-order valence-electron chi connectivity index (χ1n) is 8.28. The van der Waals surface area contributed by atoms with Crippen LogP contribution in [0.25, 0.3) is 10.9 Å². The topological polar surface area (TPSA) is 78.8 Å². The van der Waals surface area contributed by atoms with Crippen LogP contribution in [0.15, 0.2) is 24.4 Å². The maximum Gasteiger partial charge on any atom is 0.323 e. The van der Waals surface area contributed by atoms with E-state index in [4.69, 9.17) is 11.6 Å². The normalized spacial score (nSPS) is 14.2. The summed E-state index contributed by atoms with van der Waals surface area (Å²) in [5, 5.41) is 12.6. The molecule has 0 atom stereocenters. The quantitative estimate of drug-likeness (QED) is 0.734. The van der Waals surface area contributed by atoms with Gasteiger partial charge in [0.15, 0.2) is 5.82 Å². The van der Waals surface area contributed by atoms with Crippen LogP contribution in [0.1, 0.15) is 31.1 Å². The van der Waals surface area contributed by atoms with Gasteiger partial charge < -0.3 is 9.88 Å². The Labute approximate surface area is 149 Å². The monoisotopic (exact) mass is 358 g/mol. The van der Waals surface area contributed by atoms with Crippen molar-refractivity contribution in [3.8, 4) is 0 Å². The van der Waals surface area contributed by atoms with E-state index in [1.54, 1.807) is 15.8 Å².